The summed E-state index contributed by atoms with van der Waals surface area (Å²) in [5.41, 5.74) is 1.26. The molecule has 0 aliphatic heterocycles. The molecule has 100 valence electrons. The van der Waals surface area contributed by atoms with Crippen LogP contribution in [0.2, 0.25) is 0 Å². The van der Waals surface area contributed by atoms with Gasteiger partial charge in [-0.2, -0.15) is 4.98 Å². The molecule has 0 radical (unpaired) electrons. The Hall–Kier alpha value is -2.76. The fourth-order valence-electron chi connectivity index (χ4n) is 1.85. The average molecular weight is 270 g/mol. The molecule has 0 aliphatic rings. The van der Waals surface area contributed by atoms with Crippen molar-refractivity contribution in [2.45, 2.75) is 0 Å². The molecule has 0 bridgehead atoms. The van der Waals surface area contributed by atoms with Crippen LogP contribution >= 0.6 is 0 Å². The van der Waals surface area contributed by atoms with Crippen LogP contribution < -0.4 is 5.32 Å². The van der Waals surface area contributed by atoms with Gasteiger partial charge in [0.15, 0.2) is 0 Å². The lowest BCUT2D eigenvalue weighted by Crippen LogP contribution is -1.94. The Balaban J connectivity index is 2.02. The number of halogens is 1. The van der Waals surface area contributed by atoms with Crippen LogP contribution in [0.5, 0.6) is 0 Å². The van der Waals surface area contributed by atoms with E-state index in [1.165, 1.54) is 12.1 Å². The Bertz CT molecular complexity index is 741. The summed E-state index contributed by atoms with van der Waals surface area (Å²) < 4.78 is 18.4. The minimum atomic E-state index is -0.342. The van der Waals surface area contributed by atoms with Crippen LogP contribution in [0.25, 0.3) is 22.8 Å². The maximum atomic E-state index is 13.2. The van der Waals surface area contributed by atoms with Gasteiger partial charge in [-0.25, -0.2) is 9.37 Å². The molecule has 20 heavy (non-hydrogen) atoms. The second kappa shape index (κ2) is 5.08. The van der Waals surface area contributed by atoms with Crippen molar-refractivity contribution in [3.8, 4) is 22.8 Å². The molecule has 3 aromatic rings. The zero-order valence-corrected chi connectivity index (χ0v) is 10.7. The van der Waals surface area contributed by atoms with Gasteiger partial charge in [0.1, 0.15) is 11.6 Å². The zero-order valence-electron chi connectivity index (χ0n) is 10.7. The third-order valence-corrected chi connectivity index (χ3v) is 2.78. The minimum absolute atomic E-state index is 0.335. The predicted molar refractivity (Wildman–Crippen MR) is 72.5 cm³/mol. The molecule has 0 saturated heterocycles. The Labute approximate surface area is 114 Å². The number of anilines is 1. The summed E-state index contributed by atoms with van der Waals surface area (Å²) in [6, 6.07) is 9.65. The fraction of sp³-hybridized carbons (Fsp3) is 0.0714. The van der Waals surface area contributed by atoms with Crippen LogP contribution in [0.1, 0.15) is 0 Å². The molecule has 1 aromatic carbocycles. The summed E-state index contributed by atoms with van der Waals surface area (Å²) in [4.78, 5) is 8.45. The topological polar surface area (TPSA) is 63.8 Å². The first-order chi connectivity index (χ1) is 9.78. The summed E-state index contributed by atoms with van der Waals surface area (Å²) in [5.74, 6) is 0.972. The zero-order chi connectivity index (χ0) is 13.9. The molecule has 0 spiro atoms. The quantitative estimate of drug-likeness (QED) is 0.792. The normalized spacial score (nSPS) is 10.5. The van der Waals surface area contributed by atoms with Crippen LogP contribution in [0.3, 0.4) is 0 Å². The lowest BCUT2D eigenvalue weighted by molar-refractivity contribution is 0.432. The molecule has 0 fully saturated rings. The number of rotatable bonds is 3. The third-order valence-electron chi connectivity index (χ3n) is 2.78. The number of nitrogens with zero attached hydrogens (tertiary/aromatic N) is 3. The van der Waals surface area contributed by atoms with E-state index in [4.69, 9.17) is 4.52 Å². The lowest BCUT2D eigenvalue weighted by atomic mass is 10.2. The van der Waals surface area contributed by atoms with Crippen molar-refractivity contribution in [1.29, 1.82) is 0 Å². The molecule has 0 unspecified atom stereocenters. The first-order valence-corrected chi connectivity index (χ1v) is 6.01. The fourth-order valence-corrected chi connectivity index (χ4v) is 1.85. The first-order valence-electron chi connectivity index (χ1n) is 6.01. The summed E-state index contributed by atoms with van der Waals surface area (Å²) in [6.07, 6.45) is 1.67. The van der Waals surface area contributed by atoms with E-state index in [0.29, 0.717) is 28.7 Å². The number of hydrogen-bond acceptors (Lipinski definition) is 5. The van der Waals surface area contributed by atoms with Crippen molar-refractivity contribution in [2.75, 3.05) is 12.4 Å². The summed E-state index contributed by atoms with van der Waals surface area (Å²) in [7, 11) is 1.76. The standard InChI is InChI=1S/C14H11FN4O/c1-16-13-11(6-3-7-17-13)14-18-12(19-20-14)9-4-2-5-10(15)8-9/h2-8H,1H3,(H,16,17). The molecule has 0 atom stereocenters. The van der Waals surface area contributed by atoms with Crippen molar-refractivity contribution in [3.63, 3.8) is 0 Å². The molecule has 2 aromatic heterocycles. The van der Waals surface area contributed by atoms with Gasteiger partial charge in [0, 0.05) is 18.8 Å². The van der Waals surface area contributed by atoms with Crippen LogP contribution in [0, 0.1) is 5.82 Å². The largest absolute Gasteiger partial charge is 0.372 e. The number of aromatic nitrogens is 3. The molecule has 3 rings (SSSR count). The third kappa shape index (κ3) is 2.23. The molecule has 1 N–H and O–H groups in total. The Morgan fingerprint density at radius 3 is 2.90 bits per heavy atom. The number of benzene rings is 1. The summed E-state index contributed by atoms with van der Waals surface area (Å²) in [6.45, 7) is 0. The molecule has 5 nitrogen and oxygen atoms in total. The van der Waals surface area contributed by atoms with E-state index in [1.54, 1.807) is 31.4 Å². The lowest BCUT2D eigenvalue weighted by Gasteiger charge is -2.02. The first kappa shape index (κ1) is 12.3. The van der Waals surface area contributed by atoms with Gasteiger partial charge in [-0.3, -0.25) is 0 Å². The molecule has 6 heteroatoms. The number of pyridine rings is 1. The van der Waals surface area contributed by atoms with Crippen molar-refractivity contribution >= 4 is 5.82 Å². The van der Waals surface area contributed by atoms with Gasteiger partial charge in [-0.05, 0) is 24.3 Å². The molecule has 0 amide bonds. The highest BCUT2D eigenvalue weighted by Gasteiger charge is 2.14. The van der Waals surface area contributed by atoms with Gasteiger partial charge in [0.25, 0.3) is 5.89 Å². The van der Waals surface area contributed by atoms with E-state index in [1.807, 2.05) is 6.07 Å². The van der Waals surface area contributed by atoms with Crippen LogP contribution in [0.15, 0.2) is 47.1 Å². The minimum Gasteiger partial charge on any atom is -0.372 e. The Morgan fingerprint density at radius 1 is 1.20 bits per heavy atom. The van der Waals surface area contributed by atoms with Crippen molar-refractivity contribution < 1.29 is 8.91 Å². The molecule has 0 saturated carbocycles. The van der Waals surface area contributed by atoms with Crippen molar-refractivity contribution in [3.05, 3.63) is 48.4 Å². The Morgan fingerprint density at radius 2 is 2.10 bits per heavy atom. The SMILES string of the molecule is CNc1ncccc1-c1nc(-c2cccc(F)c2)no1. The maximum absolute atomic E-state index is 13.2. The van der Waals surface area contributed by atoms with E-state index in [0.717, 1.165) is 0 Å². The van der Waals surface area contributed by atoms with E-state index in [-0.39, 0.29) is 5.82 Å². The van der Waals surface area contributed by atoms with E-state index >= 15 is 0 Å². The molecular weight excluding hydrogens is 259 g/mol. The van der Waals surface area contributed by atoms with E-state index in [2.05, 4.69) is 20.4 Å². The van der Waals surface area contributed by atoms with Gasteiger partial charge < -0.3 is 9.84 Å². The summed E-state index contributed by atoms with van der Waals surface area (Å²) in [5, 5.41) is 6.82. The number of hydrogen-bond donors (Lipinski definition) is 1. The smallest absolute Gasteiger partial charge is 0.261 e. The van der Waals surface area contributed by atoms with Crippen molar-refractivity contribution in [2.24, 2.45) is 0 Å². The molecular formula is C14H11FN4O. The van der Waals surface area contributed by atoms with E-state index in [9.17, 15) is 4.39 Å². The number of nitrogens with one attached hydrogen (secondary N) is 1. The monoisotopic (exact) mass is 270 g/mol. The van der Waals surface area contributed by atoms with Gasteiger partial charge in [-0.15, -0.1) is 0 Å². The highest BCUT2D eigenvalue weighted by atomic mass is 19.1. The van der Waals surface area contributed by atoms with Gasteiger partial charge >= 0.3 is 0 Å². The molecule has 2 heterocycles. The van der Waals surface area contributed by atoms with Gasteiger partial charge in [0.05, 0.1) is 5.56 Å². The second-order valence-corrected chi connectivity index (χ2v) is 4.08. The van der Waals surface area contributed by atoms with Gasteiger partial charge in [-0.1, -0.05) is 17.3 Å². The maximum Gasteiger partial charge on any atom is 0.261 e. The van der Waals surface area contributed by atoms with E-state index < -0.39 is 0 Å². The average Bonchev–Trinajstić information content (AvgIpc) is 2.97. The van der Waals surface area contributed by atoms with Crippen LogP contribution in [-0.2, 0) is 0 Å². The highest BCUT2D eigenvalue weighted by Crippen LogP contribution is 2.26. The Kier molecular flexibility index (Phi) is 3.12. The molecule has 0 aliphatic carbocycles. The second-order valence-electron chi connectivity index (χ2n) is 4.08. The van der Waals surface area contributed by atoms with Crippen LogP contribution in [-0.4, -0.2) is 22.2 Å². The van der Waals surface area contributed by atoms with Crippen LogP contribution in [0.4, 0.5) is 10.2 Å². The highest BCUT2D eigenvalue weighted by molar-refractivity contribution is 5.69. The summed E-state index contributed by atoms with van der Waals surface area (Å²) >= 11 is 0. The van der Waals surface area contributed by atoms with Crippen molar-refractivity contribution in [1.82, 2.24) is 15.1 Å². The predicted octanol–water partition coefficient (Wildman–Crippen LogP) is 2.98. The van der Waals surface area contributed by atoms with Gasteiger partial charge in [0.2, 0.25) is 5.82 Å².